The van der Waals surface area contributed by atoms with Crippen LogP contribution >= 0.6 is 23.1 Å². The summed E-state index contributed by atoms with van der Waals surface area (Å²) in [4.78, 5) is 43.7. The third-order valence-electron chi connectivity index (χ3n) is 5.75. The predicted molar refractivity (Wildman–Crippen MR) is 143 cm³/mol. The normalized spacial score (nSPS) is 12.1. The van der Waals surface area contributed by atoms with Gasteiger partial charge in [-0.05, 0) is 42.0 Å². The van der Waals surface area contributed by atoms with Crippen molar-refractivity contribution in [2.45, 2.75) is 22.8 Å². The third kappa shape index (κ3) is 4.75. The summed E-state index contributed by atoms with van der Waals surface area (Å²) in [5.74, 6) is -0.428. The molecule has 3 N–H and O–H groups in total. The number of benzene rings is 3. The lowest BCUT2D eigenvalue weighted by Gasteiger charge is -2.11. The number of para-hydroxylation sites is 1. The molecule has 9 heteroatoms. The Labute approximate surface area is 216 Å². The van der Waals surface area contributed by atoms with Crippen LogP contribution in [0.15, 0.2) is 76.7 Å². The zero-order chi connectivity index (χ0) is 25.1. The zero-order valence-electron chi connectivity index (χ0n) is 19.3. The molecular weight excluding hydrogens is 492 g/mol. The van der Waals surface area contributed by atoms with Gasteiger partial charge in [-0.1, -0.05) is 36.0 Å². The van der Waals surface area contributed by atoms with Crippen LogP contribution < -0.4 is 16.0 Å². The van der Waals surface area contributed by atoms with Crippen LogP contribution in [0.3, 0.4) is 0 Å². The number of amides is 2. The molecule has 0 aliphatic carbocycles. The molecule has 1 aliphatic rings. The van der Waals surface area contributed by atoms with Gasteiger partial charge in [-0.25, -0.2) is 4.98 Å². The Kier molecular flexibility index (Phi) is 6.84. The number of carbonyl (C=O) groups is 3. The minimum atomic E-state index is -0.238. The minimum Gasteiger partial charge on any atom is -0.387 e. The topological polar surface area (TPSA) is 100 Å². The first-order valence-corrected chi connectivity index (χ1v) is 12.9. The van der Waals surface area contributed by atoms with Crippen molar-refractivity contribution in [2.75, 3.05) is 17.7 Å². The number of hydrogen-bond donors (Lipinski definition) is 3. The summed E-state index contributed by atoms with van der Waals surface area (Å²) in [6, 6.07) is 18.5. The van der Waals surface area contributed by atoms with Gasteiger partial charge < -0.3 is 20.7 Å². The van der Waals surface area contributed by atoms with Crippen LogP contribution in [0.2, 0.25) is 0 Å². The molecule has 0 radical (unpaired) electrons. The molecule has 2 heterocycles. The zero-order valence-corrected chi connectivity index (χ0v) is 21.0. The molecular formula is C27H22N4O3S2. The largest absolute Gasteiger partial charge is 0.387 e. The number of rotatable bonds is 7. The first-order valence-electron chi connectivity index (χ1n) is 11.3. The summed E-state index contributed by atoms with van der Waals surface area (Å²) in [7, 11) is 1.82. The monoisotopic (exact) mass is 514 g/mol. The summed E-state index contributed by atoms with van der Waals surface area (Å²) >= 11 is 2.98. The number of nitrogens with zero attached hydrogens (tertiary/aromatic N) is 1. The Hall–Kier alpha value is -3.95. The lowest BCUT2D eigenvalue weighted by molar-refractivity contribution is -0.107. The standard InChI is InChI=1S/C27H22N4O3S2/c1-28-24-16(11-12-32)5-4-7-20(24)27-30-15-18(35-27)14-29-25(33)17-9-10-23-21(13-17)31-26(34)19-6-2-3-8-22(19)36-23/h2-10,12-13,15,28H,11,14H2,1H3,(H,29,33)(H,31,34). The average Bonchev–Trinajstić information content (AvgIpc) is 3.32. The molecule has 7 nitrogen and oxygen atoms in total. The molecule has 2 amide bonds. The van der Waals surface area contributed by atoms with E-state index in [2.05, 4.69) is 20.9 Å². The molecule has 0 saturated heterocycles. The van der Waals surface area contributed by atoms with Gasteiger partial charge in [-0.3, -0.25) is 9.59 Å². The number of carbonyl (C=O) groups excluding carboxylic acids is 3. The maximum atomic E-state index is 12.9. The number of hydrogen-bond acceptors (Lipinski definition) is 7. The molecule has 0 bridgehead atoms. The van der Waals surface area contributed by atoms with Crippen molar-refractivity contribution in [1.29, 1.82) is 0 Å². The van der Waals surface area contributed by atoms with Gasteiger partial charge in [0.15, 0.2) is 0 Å². The van der Waals surface area contributed by atoms with Crippen LogP contribution in [-0.2, 0) is 17.8 Å². The molecule has 1 aromatic heterocycles. The van der Waals surface area contributed by atoms with Crippen LogP contribution in [0, 0.1) is 0 Å². The van der Waals surface area contributed by atoms with Gasteiger partial charge in [-0.2, -0.15) is 0 Å². The van der Waals surface area contributed by atoms with Gasteiger partial charge in [0.25, 0.3) is 11.8 Å². The quantitative estimate of drug-likeness (QED) is 0.292. The molecule has 180 valence electrons. The highest BCUT2D eigenvalue weighted by molar-refractivity contribution is 7.99. The van der Waals surface area contributed by atoms with Gasteiger partial charge in [0, 0.05) is 51.1 Å². The summed E-state index contributed by atoms with van der Waals surface area (Å²) in [5.41, 5.74) is 4.39. The SMILES string of the molecule is CNc1c(CC=O)cccc1-c1ncc(CNC(=O)c2ccc3c(c2)NC(=O)c2ccccc2S3)s1. The van der Waals surface area contributed by atoms with Crippen LogP contribution in [0.5, 0.6) is 0 Å². The van der Waals surface area contributed by atoms with Crippen LogP contribution in [0.4, 0.5) is 11.4 Å². The summed E-state index contributed by atoms with van der Waals surface area (Å²) < 4.78 is 0. The molecule has 0 atom stereocenters. The second kappa shape index (κ2) is 10.3. The first kappa shape index (κ1) is 23.8. The number of aromatic nitrogens is 1. The van der Waals surface area contributed by atoms with Crippen molar-refractivity contribution in [2.24, 2.45) is 0 Å². The fourth-order valence-electron chi connectivity index (χ4n) is 4.03. The van der Waals surface area contributed by atoms with Crippen molar-refractivity contribution < 1.29 is 14.4 Å². The van der Waals surface area contributed by atoms with Gasteiger partial charge >= 0.3 is 0 Å². The fraction of sp³-hybridized carbons (Fsp3) is 0.111. The van der Waals surface area contributed by atoms with E-state index in [-0.39, 0.29) is 11.8 Å². The van der Waals surface area contributed by atoms with Crippen LogP contribution in [0.25, 0.3) is 10.6 Å². The predicted octanol–water partition coefficient (Wildman–Crippen LogP) is 5.24. The van der Waals surface area contributed by atoms with Crippen molar-refractivity contribution in [3.63, 3.8) is 0 Å². The molecule has 3 aromatic carbocycles. The Morgan fingerprint density at radius 1 is 1.06 bits per heavy atom. The van der Waals surface area contributed by atoms with E-state index in [4.69, 9.17) is 0 Å². The Morgan fingerprint density at radius 2 is 1.89 bits per heavy atom. The molecule has 4 aromatic rings. The highest BCUT2D eigenvalue weighted by Crippen LogP contribution is 2.39. The number of fused-ring (bicyclic) bond motifs is 2. The van der Waals surface area contributed by atoms with Crippen LogP contribution in [0.1, 0.15) is 31.2 Å². The summed E-state index contributed by atoms with van der Waals surface area (Å²) in [6.07, 6.45) is 2.95. The fourth-order valence-corrected chi connectivity index (χ4v) is 5.92. The van der Waals surface area contributed by atoms with Gasteiger partial charge in [-0.15, -0.1) is 11.3 Å². The number of nitrogens with one attached hydrogen (secondary N) is 3. The van der Waals surface area contributed by atoms with Crippen molar-refractivity contribution >= 4 is 52.6 Å². The average molecular weight is 515 g/mol. The smallest absolute Gasteiger partial charge is 0.256 e. The Morgan fingerprint density at radius 3 is 2.72 bits per heavy atom. The molecule has 0 spiro atoms. The first-order chi connectivity index (χ1) is 17.6. The lowest BCUT2D eigenvalue weighted by atomic mass is 10.1. The Balaban J connectivity index is 1.30. The van der Waals surface area contributed by atoms with E-state index in [0.29, 0.717) is 29.8 Å². The molecule has 0 fully saturated rings. The van der Waals surface area contributed by atoms with E-state index in [0.717, 1.165) is 42.8 Å². The highest BCUT2D eigenvalue weighted by Gasteiger charge is 2.21. The molecule has 0 unspecified atom stereocenters. The summed E-state index contributed by atoms with van der Waals surface area (Å²) in [5, 5.41) is 9.84. The van der Waals surface area contributed by atoms with E-state index in [1.807, 2.05) is 49.5 Å². The van der Waals surface area contributed by atoms with E-state index >= 15 is 0 Å². The van der Waals surface area contributed by atoms with Crippen molar-refractivity contribution in [3.8, 4) is 10.6 Å². The summed E-state index contributed by atoms with van der Waals surface area (Å²) in [6.45, 7) is 0.322. The molecule has 36 heavy (non-hydrogen) atoms. The number of anilines is 2. The van der Waals surface area contributed by atoms with E-state index in [1.54, 1.807) is 24.4 Å². The maximum absolute atomic E-state index is 12.9. The number of aldehydes is 1. The molecule has 1 aliphatic heterocycles. The van der Waals surface area contributed by atoms with Crippen LogP contribution in [-0.4, -0.2) is 30.1 Å². The van der Waals surface area contributed by atoms with Crippen molar-refractivity contribution in [1.82, 2.24) is 10.3 Å². The lowest BCUT2D eigenvalue weighted by Crippen LogP contribution is -2.22. The van der Waals surface area contributed by atoms with E-state index in [9.17, 15) is 14.4 Å². The van der Waals surface area contributed by atoms with Gasteiger partial charge in [0.1, 0.15) is 11.3 Å². The minimum absolute atomic E-state index is 0.190. The molecule has 5 rings (SSSR count). The van der Waals surface area contributed by atoms with Crippen molar-refractivity contribution in [3.05, 3.63) is 88.4 Å². The maximum Gasteiger partial charge on any atom is 0.256 e. The number of thiazole rings is 1. The Bertz CT molecular complexity index is 1480. The second-order valence-electron chi connectivity index (χ2n) is 8.04. The second-order valence-corrected chi connectivity index (χ2v) is 10.2. The molecule has 0 saturated carbocycles. The third-order valence-corrected chi connectivity index (χ3v) is 7.94. The van der Waals surface area contributed by atoms with E-state index < -0.39 is 0 Å². The van der Waals surface area contributed by atoms with E-state index in [1.165, 1.54) is 23.1 Å². The van der Waals surface area contributed by atoms with Gasteiger partial charge in [0.2, 0.25) is 0 Å². The highest BCUT2D eigenvalue weighted by atomic mass is 32.2. The van der Waals surface area contributed by atoms with Gasteiger partial charge in [0.05, 0.1) is 17.8 Å².